The summed E-state index contributed by atoms with van der Waals surface area (Å²) < 4.78 is 0. The molecule has 0 N–H and O–H groups in total. The molecule has 0 aliphatic heterocycles. The second-order valence-corrected chi connectivity index (χ2v) is 15.6. The first kappa shape index (κ1) is 41.0. The molecular formula is C49H74. The highest BCUT2D eigenvalue weighted by Gasteiger charge is 2.42. The highest BCUT2D eigenvalue weighted by atomic mass is 14.4. The molecule has 0 aromatic heterocycles. The van der Waals surface area contributed by atoms with E-state index in [2.05, 4.69) is 62.1 Å². The van der Waals surface area contributed by atoms with Gasteiger partial charge in [0.25, 0.3) is 0 Å². The SMILES string of the molecule is C#Cc1ccc2c(c1)C(CCCCCCCCCCCCCCCC)(CCCCCCCCCCCCCCCC)c1cc(C#C)ccc1-2. The van der Waals surface area contributed by atoms with Gasteiger partial charge in [-0.3, -0.25) is 0 Å². The number of terminal acetylenes is 2. The molecule has 0 fully saturated rings. The summed E-state index contributed by atoms with van der Waals surface area (Å²) in [5, 5.41) is 0. The third-order valence-corrected chi connectivity index (χ3v) is 11.6. The summed E-state index contributed by atoms with van der Waals surface area (Å²) in [5.74, 6) is 5.90. The van der Waals surface area contributed by atoms with E-state index in [0.717, 1.165) is 11.1 Å². The van der Waals surface area contributed by atoms with Gasteiger partial charge in [0.05, 0.1) is 0 Å². The van der Waals surface area contributed by atoms with Gasteiger partial charge in [-0.05, 0) is 59.4 Å². The van der Waals surface area contributed by atoms with Gasteiger partial charge in [0.2, 0.25) is 0 Å². The Morgan fingerprint density at radius 3 is 0.918 bits per heavy atom. The maximum Gasteiger partial charge on any atom is 0.0246 e. The molecule has 1 aliphatic rings. The molecule has 0 heteroatoms. The monoisotopic (exact) mass is 663 g/mol. The van der Waals surface area contributed by atoms with E-state index in [-0.39, 0.29) is 5.41 Å². The van der Waals surface area contributed by atoms with Gasteiger partial charge in [0, 0.05) is 16.5 Å². The van der Waals surface area contributed by atoms with E-state index in [1.807, 2.05) is 0 Å². The summed E-state index contributed by atoms with van der Waals surface area (Å²) in [5.41, 5.74) is 7.75. The second kappa shape index (κ2) is 25.5. The molecule has 0 unspecified atom stereocenters. The van der Waals surface area contributed by atoms with Gasteiger partial charge in [0.1, 0.15) is 0 Å². The van der Waals surface area contributed by atoms with E-state index in [1.165, 1.54) is 215 Å². The molecule has 270 valence electrons. The van der Waals surface area contributed by atoms with Crippen molar-refractivity contribution in [3.05, 3.63) is 58.7 Å². The van der Waals surface area contributed by atoms with Crippen LogP contribution < -0.4 is 0 Å². The van der Waals surface area contributed by atoms with Gasteiger partial charge in [0.15, 0.2) is 0 Å². The summed E-state index contributed by atoms with van der Waals surface area (Å²) in [6.07, 6.45) is 53.5. The van der Waals surface area contributed by atoms with E-state index < -0.39 is 0 Å². The van der Waals surface area contributed by atoms with Gasteiger partial charge < -0.3 is 0 Å². The van der Waals surface area contributed by atoms with Crippen molar-refractivity contribution in [2.24, 2.45) is 0 Å². The van der Waals surface area contributed by atoms with Crippen LogP contribution in [-0.2, 0) is 5.41 Å². The number of hydrogen-bond acceptors (Lipinski definition) is 0. The highest BCUT2D eigenvalue weighted by molar-refractivity contribution is 5.82. The average molecular weight is 663 g/mol. The summed E-state index contributed by atoms with van der Waals surface area (Å²) in [6.45, 7) is 4.61. The van der Waals surface area contributed by atoms with Crippen molar-refractivity contribution in [2.45, 2.75) is 212 Å². The minimum atomic E-state index is 0.0264. The number of benzene rings is 2. The highest BCUT2D eigenvalue weighted by Crippen LogP contribution is 2.54. The van der Waals surface area contributed by atoms with E-state index in [4.69, 9.17) is 12.8 Å². The molecule has 0 radical (unpaired) electrons. The summed E-state index contributed by atoms with van der Waals surface area (Å²) >= 11 is 0. The van der Waals surface area contributed by atoms with E-state index >= 15 is 0 Å². The first-order valence-corrected chi connectivity index (χ1v) is 21.4. The van der Waals surface area contributed by atoms with Gasteiger partial charge in [-0.2, -0.15) is 0 Å². The molecule has 0 saturated carbocycles. The molecule has 0 bridgehead atoms. The van der Waals surface area contributed by atoms with Crippen molar-refractivity contribution in [2.75, 3.05) is 0 Å². The van der Waals surface area contributed by atoms with Crippen LogP contribution in [0.15, 0.2) is 36.4 Å². The standard InChI is InChI=1S/C49H74/c1-5-9-11-13-15-17-19-21-23-25-27-29-31-33-39-49(40-34-32-30-28-26-24-22-20-18-16-14-12-10-6-2)47-41-43(7-3)35-37-45(47)46-38-36-44(8-4)42-48(46)49/h3-4,35-38,41-42H,5-6,9-34,39-40H2,1-2H3. The van der Waals surface area contributed by atoms with Crippen LogP contribution in [0, 0.1) is 24.7 Å². The fourth-order valence-electron chi connectivity index (χ4n) is 8.58. The van der Waals surface area contributed by atoms with Crippen molar-refractivity contribution in [1.82, 2.24) is 0 Å². The first-order valence-electron chi connectivity index (χ1n) is 21.4. The lowest BCUT2D eigenvalue weighted by Gasteiger charge is -2.33. The molecule has 0 atom stereocenters. The van der Waals surface area contributed by atoms with Crippen molar-refractivity contribution in [3.8, 4) is 35.8 Å². The lowest BCUT2D eigenvalue weighted by molar-refractivity contribution is 0.396. The van der Waals surface area contributed by atoms with Crippen LogP contribution in [0.4, 0.5) is 0 Å². The molecule has 0 nitrogen and oxygen atoms in total. The summed E-state index contributed by atoms with van der Waals surface area (Å²) in [7, 11) is 0. The number of fused-ring (bicyclic) bond motifs is 3. The zero-order valence-corrected chi connectivity index (χ0v) is 32.3. The molecule has 3 rings (SSSR count). The van der Waals surface area contributed by atoms with Crippen LogP contribution >= 0.6 is 0 Å². The zero-order chi connectivity index (χ0) is 34.8. The summed E-state index contributed by atoms with van der Waals surface area (Å²) in [4.78, 5) is 0. The largest absolute Gasteiger partial charge is 0.115 e. The average Bonchev–Trinajstić information content (AvgIpc) is 3.39. The van der Waals surface area contributed by atoms with Crippen molar-refractivity contribution in [3.63, 3.8) is 0 Å². The predicted octanol–water partition coefficient (Wildman–Crippen LogP) is 15.7. The Morgan fingerprint density at radius 2 is 0.653 bits per heavy atom. The van der Waals surface area contributed by atoms with Crippen LogP contribution in [0.2, 0.25) is 0 Å². The Hall–Kier alpha value is -2.44. The normalized spacial score (nSPS) is 12.8. The van der Waals surface area contributed by atoms with Gasteiger partial charge >= 0.3 is 0 Å². The van der Waals surface area contributed by atoms with E-state index in [9.17, 15) is 0 Å². The molecule has 0 spiro atoms. The molecular weight excluding hydrogens is 589 g/mol. The Labute approximate surface area is 305 Å². The number of hydrogen-bond donors (Lipinski definition) is 0. The van der Waals surface area contributed by atoms with Crippen molar-refractivity contribution < 1.29 is 0 Å². The third-order valence-electron chi connectivity index (χ3n) is 11.6. The molecule has 0 amide bonds. The van der Waals surface area contributed by atoms with Crippen molar-refractivity contribution >= 4 is 0 Å². The van der Waals surface area contributed by atoms with Crippen molar-refractivity contribution in [1.29, 1.82) is 0 Å². The first-order chi connectivity index (χ1) is 24.2. The molecule has 49 heavy (non-hydrogen) atoms. The molecule has 2 aromatic rings. The molecule has 2 aromatic carbocycles. The minimum Gasteiger partial charge on any atom is -0.115 e. The fraction of sp³-hybridized carbons (Fsp3) is 0.673. The Morgan fingerprint density at radius 1 is 0.388 bits per heavy atom. The van der Waals surface area contributed by atoms with Crippen LogP contribution in [0.1, 0.15) is 229 Å². The van der Waals surface area contributed by atoms with E-state index in [1.54, 1.807) is 0 Å². The third kappa shape index (κ3) is 14.4. The van der Waals surface area contributed by atoms with Gasteiger partial charge in [-0.15, -0.1) is 12.8 Å². The molecule has 1 aliphatic carbocycles. The maximum atomic E-state index is 5.97. The predicted molar refractivity (Wildman–Crippen MR) is 218 cm³/mol. The number of rotatable bonds is 30. The van der Waals surface area contributed by atoms with Crippen LogP contribution in [0.25, 0.3) is 11.1 Å². The quantitative estimate of drug-likeness (QED) is 0.0577. The Bertz CT molecular complexity index is 1130. The van der Waals surface area contributed by atoms with Gasteiger partial charge in [-0.25, -0.2) is 0 Å². The topological polar surface area (TPSA) is 0 Å². The van der Waals surface area contributed by atoms with Crippen LogP contribution in [-0.4, -0.2) is 0 Å². The van der Waals surface area contributed by atoms with Gasteiger partial charge in [-0.1, -0.05) is 218 Å². The molecule has 0 saturated heterocycles. The Balaban J connectivity index is 1.49. The van der Waals surface area contributed by atoms with Crippen LogP contribution in [0.5, 0.6) is 0 Å². The lowest BCUT2D eigenvalue weighted by Crippen LogP contribution is -2.26. The number of unbranched alkanes of at least 4 members (excludes halogenated alkanes) is 26. The smallest absolute Gasteiger partial charge is 0.0246 e. The Kier molecular flexibility index (Phi) is 21.3. The molecule has 0 heterocycles. The van der Waals surface area contributed by atoms with E-state index in [0.29, 0.717) is 0 Å². The zero-order valence-electron chi connectivity index (χ0n) is 32.3. The maximum absolute atomic E-state index is 5.97. The summed E-state index contributed by atoms with van der Waals surface area (Å²) in [6, 6.07) is 13.5. The minimum absolute atomic E-state index is 0.0264. The fourth-order valence-corrected chi connectivity index (χ4v) is 8.58. The lowest BCUT2D eigenvalue weighted by atomic mass is 9.70. The van der Waals surface area contributed by atoms with Crippen LogP contribution in [0.3, 0.4) is 0 Å². The second-order valence-electron chi connectivity index (χ2n) is 15.6.